The Kier molecular flexibility index (Phi) is 5.83. The number of ether oxygens (including phenoxy) is 1. The molecule has 0 aromatic heterocycles. The smallest absolute Gasteiger partial charge is 0.0663 e. The van der Waals surface area contributed by atoms with Crippen molar-refractivity contribution >= 4 is 0 Å². The molecule has 0 aliphatic rings. The fraction of sp³-hybridized carbons (Fsp3) is 0.625. The normalized spacial score (nSPS) is 14.8. The number of hydrogen-bond acceptors (Lipinski definition) is 2. The average Bonchev–Trinajstić information content (AvgIpc) is 2.28. The average molecular weight is 249 g/mol. The van der Waals surface area contributed by atoms with Crippen molar-refractivity contribution in [1.29, 1.82) is 0 Å². The van der Waals surface area contributed by atoms with Crippen molar-refractivity contribution in [2.24, 2.45) is 11.7 Å². The first-order chi connectivity index (χ1) is 8.40. The van der Waals surface area contributed by atoms with Crippen LogP contribution in [0.2, 0.25) is 0 Å². The minimum absolute atomic E-state index is 0.0282. The Morgan fingerprint density at radius 1 is 1.17 bits per heavy atom. The van der Waals surface area contributed by atoms with Gasteiger partial charge in [-0.15, -0.1) is 0 Å². The highest BCUT2D eigenvalue weighted by molar-refractivity contribution is 5.32. The van der Waals surface area contributed by atoms with Crippen LogP contribution in [0.4, 0.5) is 0 Å². The summed E-state index contributed by atoms with van der Waals surface area (Å²) >= 11 is 0. The Balaban J connectivity index is 2.54. The maximum absolute atomic E-state index is 6.22. The lowest BCUT2D eigenvalue weighted by molar-refractivity contribution is 0.0429. The van der Waals surface area contributed by atoms with Crippen LogP contribution >= 0.6 is 0 Å². The second-order valence-corrected chi connectivity index (χ2v) is 5.74. The molecule has 0 aliphatic carbocycles. The minimum Gasteiger partial charge on any atom is -0.377 e. The van der Waals surface area contributed by atoms with Crippen molar-refractivity contribution in [2.45, 2.75) is 53.2 Å². The largest absolute Gasteiger partial charge is 0.377 e. The molecule has 1 rings (SSSR count). The first kappa shape index (κ1) is 15.2. The van der Waals surface area contributed by atoms with E-state index in [-0.39, 0.29) is 12.1 Å². The van der Waals surface area contributed by atoms with Crippen LogP contribution in [0, 0.1) is 19.8 Å². The van der Waals surface area contributed by atoms with Crippen molar-refractivity contribution in [3.8, 4) is 0 Å². The van der Waals surface area contributed by atoms with Gasteiger partial charge in [0.05, 0.1) is 18.8 Å². The lowest BCUT2D eigenvalue weighted by Gasteiger charge is -2.20. The minimum atomic E-state index is -0.0282. The number of aryl methyl sites for hydroxylation is 2. The molecule has 0 spiro atoms. The summed E-state index contributed by atoms with van der Waals surface area (Å²) in [5, 5.41) is 0. The third-order valence-electron chi connectivity index (χ3n) is 3.20. The van der Waals surface area contributed by atoms with Gasteiger partial charge in [0.25, 0.3) is 0 Å². The second-order valence-electron chi connectivity index (χ2n) is 5.74. The van der Waals surface area contributed by atoms with Crippen LogP contribution in [0.1, 0.15) is 49.9 Å². The van der Waals surface area contributed by atoms with Gasteiger partial charge in [0.15, 0.2) is 0 Å². The van der Waals surface area contributed by atoms with E-state index in [0.717, 1.165) is 6.42 Å². The molecule has 0 fully saturated rings. The van der Waals surface area contributed by atoms with Crippen LogP contribution in [0.25, 0.3) is 0 Å². The third-order valence-corrected chi connectivity index (χ3v) is 3.20. The molecule has 0 heterocycles. The van der Waals surface area contributed by atoms with Crippen LogP contribution in [-0.2, 0) is 4.74 Å². The van der Waals surface area contributed by atoms with Gasteiger partial charge in [-0.05, 0) is 44.2 Å². The molecular weight excluding hydrogens is 222 g/mol. The zero-order valence-corrected chi connectivity index (χ0v) is 12.4. The monoisotopic (exact) mass is 249 g/mol. The number of rotatable bonds is 6. The van der Waals surface area contributed by atoms with E-state index >= 15 is 0 Å². The Labute approximate surface area is 112 Å². The third kappa shape index (κ3) is 4.79. The summed E-state index contributed by atoms with van der Waals surface area (Å²) < 4.78 is 5.84. The standard InChI is InChI=1S/C16H27NO/c1-11(2)8-14(5)18-10-16(17)15-9-12(3)6-7-13(15)4/h6-7,9,11,14,16H,8,10,17H2,1-5H3. The van der Waals surface area contributed by atoms with E-state index in [1.165, 1.54) is 16.7 Å². The molecule has 0 saturated heterocycles. The fourth-order valence-electron chi connectivity index (χ4n) is 2.25. The summed E-state index contributed by atoms with van der Waals surface area (Å²) in [6.07, 6.45) is 1.36. The highest BCUT2D eigenvalue weighted by Gasteiger charge is 2.12. The maximum atomic E-state index is 6.22. The fourth-order valence-corrected chi connectivity index (χ4v) is 2.25. The van der Waals surface area contributed by atoms with Crippen LogP contribution in [0.15, 0.2) is 18.2 Å². The maximum Gasteiger partial charge on any atom is 0.0663 e. The molecular formula is C16H27NO. The van der Waals surface area contributed by atoms with Gasteiger partial charge in [-0.25, -0.2) is 0 Å². The quantitative estimate of drug-likeness (QED) is 0.833. The van der Waals surface area contributed by atoms with Crippen LogP contribution in [-0.4, -0.2) is 12.7 Å². The lowest BCUT2D eigenvalue weighted by atomic mass is 10.00. The van der Waals surface area contributed by atoms with Gasteiger partial charge >= 0.3 is 0 Å². The summed E-state index contributed by atoms with van der Waals surface area (Å²) in [6, 6.07) is 6.38. The molecule has 2 N–H and O–H groups in total. The van der Waals surface area contributed by atoms with Gasteiger partial charge in [0.2, 0.25) is 0 Å². The number of benzene rings is 1. The zero-order chi connectivity index (χ0) is 13.7. The Hall–Kier alpha value is -0.860. The predicted molar refractivity (Wildman–Crippen MR) is 77.7 cm³/mol. The Morgan fingerprint density at radius 3 is 2.44 bits per heavy atom. The highest BCUT2D eigenvalue weighted by atomic mass is 16.5. The van der Waals surface area contributed by atoms with Crippen molar-refractivity contribution in [2.75, 3.05) is 6.61 Å². The first-order valence-electron chi connectivity index (χ1n) is 6.84. The van der Waals surface area contributed by atoms with E-state index in [0.29, 0.717) is 12.5 Å². The van der Waals surface area contributed by atoms with Gasteiger partial charge in [-0.2, -0.15) is 0 Å². The second kappa shape index (κ2) is 6.91. The van der Waals surface area contributed by atoms with E-state index < -0.39 is 0 Å². The molecule has 1 aromatic rings. The predicted octanol–water partition coefficient (Wildman–Crippen LogP) is 3.75. The molecule has 1 aromatic carbocycles. The van der Waals surface area contributed by atoms with Gasteiger partial charge in [-0.1, -0.05) is 37.6 Å². The van der Waals surface area contributed by atoms with Crippen molar-refractivity contribution in [1.82, 2.24) is 0 Å². The van der Waals surface area contributed by atoms with E-state index in [4.69, 9.17) is 10.5 Å². The summed E-state index contributed by atoms with van der Waals surface area (Å²) in [6.45, 7) is 11.3. The summed E-state index contributed by atoms with van der Waals surface area (Å²) in [7, 11) is 0. The van der Waals surface area contributed by atoms with Crippen molar-refractivity contribution in [3.63, 3.8) is 0 Å². The van der Waals surface area contributed by atoms with Crippen molar-refractivity contribution < 1.29 is 4.74 Å². The van der Waals surface area contributed by atoms with E-state index in [1.54, 1.807) is 0 Å². The molecule has 102 valence electrons. The topological polar surface area (TPSA) is 35.2 Å². The number of hydrogen-bond donors (Lipinski definition) is 1. The molecule has 0 amide bonds. The van der Waals surface area contributed by atoms with Gasteiger partial charge in [0.1, 0.15) is 0 Å². The molecule has 0 saturated carbocycles. The summed E-state index contributed by atoms with van der Waals surface area (Å²) in [5.41, 5.74) is 9.91. The highest BCUT2D eigenvalue weighted by Crippen LogP contribution is 2.19. The van der Waals surface area contributed by atoms with Gasteiger partial charge < -0.3 is 10.5 Å². The SMILES string of the molecule is Cc1ccc(C)c(C(N)COC(C)CC(C)C)c1. The summed E-state index contributed by atoms with van der Waals surface area (Å²) in [4.78, 5) is 0. The van der Waals surface area contributed by atoms with Crippen LogP contribution in [0.3, 0.4) is 0 Å². The van der Waals surface area contributed by atoms with Crippen LogP contribution < -0.4 is 5.73 Å². The van der Waals surface area contributed by atoms with Crippen molar-refractivity contribution in [3.05, 3.63) is 34.9 Å². The van der Waals surface area contributed by atoms with Gasteiger partial charge in [0, 0.05) is 0 Å². The molecule has 0 radical (unpaired) electrons. The molecule has 2 heteroatoms. The molecule has 2 unspecified atom stereocenters. The molecule has 18 heavy (non-hydrogen) atoms. The molecule has 2 nitrogen and oxygen atoms in total. The number of nitrogens with two attached hydrogens (primary N) is 1. The zero-order valence-electron chi connectivity index (χ0n) is 12.4. The van der Waals surface area contributed by atoms with E-state index in [2.05, 4.69) is 52.8 Å². The lowest BCUT2D eigenvalue weighted by Crippen LogP contribution is -2.22. The van der Waals surface area contributed by atoms with E-state index in [1.807, 2.05) is 0 Å². The molecule has 0 aliphatic heterocycles. The molecule has 2 atom stereocenters. The van der Waals surface area contributed by atoms with Crippen LogP contribution in [0.5, 0.6) is 0 Å². The molecule has 0 bridgehead atoms. The Morgan fingerprint density at radius 2 is 1.83 bits per heavy atom. The van der Waals surface area contributed by atoms with E-state index in [9.17, 15) is 0 Å². The Bertz CT molecular complexity index is 373. The van der Waals surface area contributed by atoms with Gasteiger partial charge in [-0.3, -0.25) is 0 Å². The first-order valence-corrected chi connectivity index (χ1v) is 6.84. The summed E-state index contributed by atoms with van der Waals surface area (Å²) in [5.74, 6) is 0.664.